The molecule has 0 aromatic heterocycles. The van der Waals surface area contributed by atoms with Crippen molar-refractivity contribution in [3.63, 3.8) is 0 Å². The highest BCUT2D eigenvalue weighted by Crippen LogP contribution is 2.22. The van der Waals surface area contributed by atoms with Crippen molar-refractivity contribution in [3.8, 4) is 0 Å². The van der Waals surface area contributed by atoms with Crippen LogP contribution in [0.3, 0.4) is 0 Å². The van der Waals surface area contributed by atoms with Gasteiger partial charge in [-0.1, -0.05) is 11.6 Å². The van der Waals surface area contributed by atoms with Crippen LogP contribution in [0.25, 0.3) is 0 Å². The number of urea groups is 1. The molecule has 0 aliphatic heterocycles. The van der Waals surface area contributed by atoms with E-state index in [0.29, 0.717) is 0 Å². The Kier molecular flexibility index (Phi) is 5.47. The number of primary sulfonamides is 1. The average molecular weight is 350 g/mol. The molecule has 1 aromatic carbocycles. The fourth-order valence-electron chi connectivity index (χ4n) is 1.35. The van der Waals surface area contributed by atoms with E-state index in [9.17, 15) is 22.8 Å². The summed E-state index contributed by atoms with van der Waals surface area (Å²) in [6.07, 6.45) is -1.33. The number of amides is 3. The molecule has 0 aliphatic rings. The van der Waals surface area contributed by atoms with Crippen LogP contribution < -0.4 is 16.2 Å². The molecule has 1 atom stereocenters. The van der Waals surface area contributed by atoms with Gasteiger partial charge in [-0.05, 0) is 25.1 Å². The lowest BCUT2D eigenvalue weighted by molar-refractivity contribution is -0.127. The first kappa shape index (κ1) is 17.9. The van der Waals surface area contributed by atoms with Crippen LogP contribution in [-0.2, 0) is 19.6 Å². The number of carbonyl (C=O) groups excluding carboxylic acids is 3. The van der Waals surface area contributed by atoms with E-state index in [1.165, 1.54) is 13.0 Å². The zero-order valence-corrected chi connectivity index (χ0v) is 12.8. The second-order valence-corrected chi connectivity index (χ2v) is 6.03. The largest absolute Gasteiger partial charge is 0.449 e. The number of imide groups is 1. The fraction of sp³-hybridized carbons (Fsp3) is 0.182. The first-order valence-corrected chi connectivity index (χ1v) is 7.58. The predicted molar refractivity (Wildman–Crippen MR) is 75.4 cm³/mol. The Bertz CT molecular complexity index is 733. The van der Waals surface area contributed by atoms with Crippen LogP contribution in [0.15, 0.2) is 23.1 Å². The second-order valence-electron chi connectivity index (χ2n) is 4.09. The number of primary amides is 1. The topological polar surface area (TPSA) is 159 Å². The molecule has 0 fully saturated rings. The summed E-state index contributed by atoms with van der Waals surface area (Å²) in [5.74, 6) is -1.94. The van der Waals surface area contributed by atoms with Crippen LogP contribution in [0.2, 0.25) is 5.02 Å². The molecule has 0 aliphatic carbocycles. The molecule has 3 amide bonds. The van der Waals surface area contributed by atoms with Gasteiger partial charge in [-0.2, -0.15) is 0 Å². The van der Waals surface area contributed by atoms with Gasteiger partial charge in [0.15, 0.2) is 6.10 Å². The lowest BCUT2D eigenvalue weighted by atomic mass is 10.2. The number of hydrogen-bond donors (Lipinski definition) is 3. The molecule has 1 aromatic rings. The van der Waals surface area contributed by atoms with E-state index in [4.69, 9.17) is 27.2 Å². The van der Waals surface area contributed by atoms with Crippen LogP contribution in [0, 0.1) is 0 Å². The Balaban J connectivity index is 2.96. The zero-order valence-electron chi connectivity index (χ0n) is 11.2. The number of esters is 1. The highest BCUT2D eigenvalue weighted by Gasteiger charge is 2.22. The number of ether oxygens (including phenoxy) is 1. The fourth-order valence-corrected chi connectivity index (χ4v) is 2.42. The van der Waals surface area contributed by atoms with Gasteiger partial charge in [-0.15, -0.1) is 0 Å². The molecule has 9 nitrogen and oxygen atoms in total. The molecule has 22 heavy (non-hydrogen) atoms. The molecule has 1 rings (SSSR count). The number of carbonyl (C=O) groups is 3. The zero-order chi connectivity index (χ0) is 17.1. The predicted octanol–water partition coefficient (Wildman–Crippen LogP) is -0.272. The molecule has 120 valence electrons. The van der Waals surface area contributed by atoms with Gasteiger partial charge in [0.25, 0.3) is 5.91 Å². The van der Waals surface area contributed by atoms with Gasteiger partial charge in [0.1, 0.15) is 4.90 Å². The van der Waals surface area contributed by atoms with Crippen molar-refractivity contribution in [1.29, 1.82) is 0 Å². The van der Waals surface area contributed by atoms with Crippen molar-refractivity contribution in [3.05, 3.63) is 28.8 Å². The summed E-state index contributed by atoms with van der Waals surface area (Å²) in [6.45, 7) is 1.20. The SMILES string of the molecule is C[C@@H](OC(=O)c1ccc(Cl)c(S(N)(=O)=O)c1)C(=O)NC(N)=O. The van der Waals surface area contributed by atoms with Crippen LogP contribution >= 0.6 is 11.6 Å². The third kappa shape index (κ3) is 4.69. The second kappa shape index (κ2) is 6.73. The summed E-state index contributed by atoms with van der Waals surface area (Å²) in [5.41, 5.74) is 4.56. The lowest BCUT2D eigenvalue weighted by Gasteiger charge is -2.12. The van der Waals surface area contributed by atoms with E-state index < -0.39 is 38.9 Å². The molecule has 0 saturated carbocycles. The van der Waals surface area contributed by atoms with Crippen LogP contribution in [0.4, 0.5) is 4.79 Å². The number of halogens is 1. The minimum absolute atomic E-state index is 0.168. The van der Waals surface area contributed by atoms with Crippen LogP contribution in [0.5, 0.6) is 0 Å². The number of sulfonamides is 1. The Morgan fingerprint density at radius 2 is 1.91 bits per heavy atom. The van der Waals surface area contributed by atoms with Gasteiger partial charge in [0.2, 0.25) is 10.0 Å². The Morgan fingerprint density at radius 1 is 1.32 bits per heavy atom. The Morgan fingerprint density at radius 3 is 2.41 bits per heavy atom. The van der Waals surface area contributed by atoms with Crippen molar-refractivity contribution in [2.24, 2.45) is 10.9 Å². The van der Waals surface area contributed by atoms with Crippen molar-refractivity contribution in [1.82, 2.24) is 5.32 Å². The molecule has 0 bridgehead atoms. The monoisotopic (exact) mass is 349 g/mol. The third-order valence-electron chi connectivity index (χ3n) is 2.37. The maximum atomic E-state index is 11.8. The van der Waals surface area contributed by atoms with E-state index in [0.717, 1.165) is 12.1 Å². The summed E-state index contributed by atoms with van der Waals surface area (Å²) in [5, 5.41) is 6.51. The lowest BCUT2D eigenvalue weighted by Crippen LogP contribution is -2.42. The molecule has 0 radical (unpaired) electrons. The van der Waals surface area contributed by atoms with Crippen LogP contribution in [-0.4, -0.2) is 32.4 Å². The molecular weight excluding hydrogens is 338 g/mol. The van der Waals surface area contributed by atoms with Gasteiger partial charge in [0, 0.05) is 0 Å². The van der Waals surface area contributed by atoms with Gasteiger partial charge < -0.3 is 10.5 Å². The smallest absolute Gasteiger partial charge is 0.338 e. The molecular formula is C11H12ClN3O6S. The standard InChI is InChI=1S/C11H12ClN3O6S/c1-5(9(16)15-11(13)18)21-10(17)6-2-3-7(12)8(4-6)22(14,19)20/h2-5H,1H3,(H2,14,19,20)(H3,13,15,16,18)/t5-/m1/s1. The molecule has 0 saturated heterocycles. The quantitative estimate of drug-likeness (QED) is 0.634. The number of hydrogen-bond acceptors (Lipinski definition) is 6. The summed E-state index contributed by atoms with van der Waals surface area (Å²) in [7, 11) is -4.13. The van der Waals surface area contributed by atoms with Gasteiger partial charge >= 0.3 is 12.0 Å². The first-order valence-electron chi connectivity index (χ1n) is 5.66. The average Bonchev–Trinajstić information content (AvgIpc) is 2.36. The minimum Gasteiger partial charge on any atom is -0.449 e. The Hall–Kier alpha value is -2.17. The number of nitrogens with one attached hydrogen (secondary N) is 1. The van der Waals surface area contributed by atoms with Crippen molar-refractivity contribution in [2.45, 2.75) is 17.9 Å². The summed E-state index contributed by atoms with van der Waals surface area (Å²) in [6, 6.07) is 2.15. The van der Waals surface area contributed by atoms with Crippen LogP contribution in [0.1, 0.15) is 17.3 Å². The first-order chi connectivity index (χ1) is 10.0. The van der Waals surface area contributed by atoms with E-state index in [1.807, 2.05) is 0 Å². The number of nitrogens with two attached hydrogens (primary N) is 2. The van der Waals surface area contributed by atoms with E-state index in [2.05, 4.69) is 0 Å². The maximum Gasteiger partial charge on any atom is 0.338 e. The number of rotatable bonds is 4. The maximum absolute atomic E-state index is 11.8. The van der Waals surface area contributed by atoms with Crippen molar-refractivity contribution < 1.29 is 27.5 Å². The summed E-state index contributed by atoms with van der Waals surface area (Å²) >= 11 is 5.67. The minimum atomic E-state index is -4.13. The Labute approximate surface area is 130 Å². The normalized spacial score (nSPS) is 12.3. The van der Waals surface area contributed by atoms with E-state index >= 15 is 0 Å². The molecule has 11 heteroatoms. The highest BCUT2D eigenvalue weighted by molar-refractivity contribution is 7.89. The van der Waals surface area contributed by atoms with Crippen molar-refractivity contribution in [2.75, 3.05) is 0 Å². The molecule has 0 heterocycles. The summed E-state index contributed by atoms with van der Waals surface area (Å²) < 4.78 is 27.4. The third-order valence-corrected chi connectivity index (χ3v) is 3.77. The molecule has 0 spiro atoms. The van der Waals surface area contributed by atoms with E-state index in [-0.39, 0.29) is 10.6 Å². The van der Waals surface area contributed by atoms with Gasteiger partial charge in [-0.25, -0.2) is 23.1 Å². The summed E-state index contributed by atoms with van der Waals surface area (Å²) in [4.78, 5) is 33.3. The van der Waals surface area contributed by atoms with Gasteiger partial charge in [-0.3, -0.25) is 10.1 Å². The van der Waals surface area contributed by atoms with Gasteiger partial charge in [0.05, 0.1) is 10.6 Å². The number of benzene rings is 1. The highest BCUT2D eigenvalue weighted by atomic mass is 35.5. The molecule has 0 unspecified atom stereocenters. The van der Waals surface area contributed by atoms with Crippen molar-refractivity contribution >= 4 is 39.5 Å². The molecule has 5 N–H and O–H groups in total. The van der Waals surface area contributed by atoms with E-state index in [1.54, 1.807) is 5.32 Å².